The summed E-state index contributed by atoms with van der Waals surface area (Å²) in [5.41, 5.74) is 2.13. The average Bonchev–Trinajstić information content (AvgIpc) is 2.79. The summed E-state index contributed by atoms with van der Waals surface area (Å²) in [6.07, 6.45) is 6.25. The third kappa shape index (κ3) is 2.56. The zero-order valence-corrected chi connectivity index (χ0v) is 11.6. The van der Waals surface area contributed by atoms with Gasteiger partial charge in [0.1, 0.15) is 5.52 Å². The van der Waals surface area contributed by atoms with Crippen LogP contribution in [0.4, 0.5) is 5.82 Å². The fourth-order valence-corrected chi connectivity index (χ4v) is 2.86. The number of hydrogen-bond donors (Lipinski definition) is 1. The van der Waals surface area contributed by atoms with E-state index in [4.69, 9.17) is 0 Å². The maximum atomic E-state index is 4.54. The van der Waals surface area contributed by atoms with Crippen molar-refractivity contribution in [1.82, 2.24) is 19.9 Å². The molecule has 1 fully saturated rings. The van der Waals surface area contributed by atoms with Gasteiger partial charge in [-0.3, -0.25) is 0 Å². The molecule has 5 heteroatoms. The van der Waals surface area contributed by atoms with E-state index in [2.05, 4.69) is 33.4 Å². The van der Waals surface area contributed by atoms with Crippen LogP contribution in [0.3, 0.4) is 0 Å². The molecule has 1 aliphatic rings. The van der Waals surface area contributed by atoms with Crippen LogP contribution < -0.4 is 10.2 Å². The smallest absolute Gasteiger partial charge is 0.154 e. The van der Waals surface area contributed by atoms with E-state index in [-0.39, 0.29) is 0 Å². The Bertz CT molecular complexity index is 556. The number of piperidine rings is 1. The lowest BCUT2D eigenvalue weighted by Crippen LogP contribution is -2.35. The molecule has 5 nitrogen and oxygen atoms in total. The SMILES string of the molecule is Cc1cc2c(N(C)CC3CCNCC3)nccn2n1. The second-order valence-electron chi connectivity index (χ2n) is 5.44. The molecule has 0 amide bonds. The first-order valence-electron chi connectivity index (χ1n) is 6.97. The molecule has 3 heterocycles. The molecule has 0 unspecified atom stereocenters. The van der Waals surface area contributed by atoms with Gasteiger partial charge < -0.3 is 10.2 Å². The Kier molecular flexibility index (Phi) is 3.38. The van der Waals surface area contributed by atoms with Crippen LogP contribution in [0.15, 0.2) is 18.5 Å². The zero-order chi connectivity index (χ0) is 13.2. The molecule has 19 heavy (non-hydrogen) atoms. The minimum Gasteiger partial charge on any atom is -0.358 e. The third-order valence-electron chi connectivity index (χ3n) is 3.84. The van der Waals surface area contributed by atoms with Gasteiger partial charge in [-0.2, -0.15) is 5.10 Å². The van der Waals surface area contributed by atoms with Crippen LogP contribution in [-0.2, 0) is 0 Å². The Morgan fingerprint density at radius 1 is 1.42 bits per heavy atom. The van der Waals surface area contributed by atoms with E-state index in [0.717, 1.165) is 42.6 Å². The van der Waals surface area contributed by atoms with E-state index < -0.39 is 0 Å². The number of nitrogens with zero attached hydrogens (tertiary/aromatic N) is 4. The summed E-state index contributed by atoms with van der Waals surface area (Å²) in [6, 6.07) is 2.10. The topological polar surface area (TPSA) is 45.5 Å². The van der Waals surface area contributed by atoms with Gasteiger partial charge in [0.15, 0.2) is 5.82 Å². The minimum absolute atomic E-state index is 0.761. The van der Waals surface area contributed by atoms with Crippen molar-refractivity contribution < 1.29 is 0 Å². The Morgan fingerprint density at radius 3 is 3.00 bits per heavy atom. The molecule has 0 radical (unpaired) electrons. The number of anilines is 1. The Morgan fingerprint density at radius 2 is 2.21 bits per heavy atom. The maximum absolute atomic E-state index is 4.54. The highest BCUT2D eigenvalue weighted by molar-refractivity contribution is 5.68. The quantitative estimate of drug-likeness (QED) is 0.907. The molecule has 102 valence electrons. The number of rotatable bonds is 3. The summed E-state index contributed by atoms with van der Waals surface area (Å²) in [6.45, 7) is 5.37. The third-order valence-corrected chi connectivity index (χ3v) is 3.84. The molecule has 0 bridgehead atoms. The van der Waals surface area contributed by atoms with E-state index in [1.165, 1.54) is 12.8 Å². The van der Waals surface area contributed by atoms with Gasteiger partial charge in [0, 0.05) is 26.0 Å². The normalized spacial score (nSPS) is 16.9. The van der Waals surface area contributed by atoms with Crippen LogP contribution >= 0.6 is 0 Å². The van der Waals surface area contributed by atoms with Gasteiger partial charge in [-0.1, -0.05) is 0 Å². The Balaban J connectivity index is 1.82. The van der Waals surface area contributed by atoms with Crippen molar-refractivity contribution in [2.24, 2.45) is 5.92 Å². The van der Waals surface area contributed by atoms with Crippen molar-refractivity contribution in [2.75, 3.05) is 31.6 Å². The summed E-state index contributed by atoms with van der Waals surface area (Å²) in [5, 5.41) is 7.86. The highest BCUT2D eigenvalue weighted by atomic mass is 15.3. The summed E-state index contributed by atoms with van der Waals surface area (Å²) < 4.78 is 1.91. The van der Waals surface area contributed by atoms with Gasteiger partial charge in [0.2, 0.25) is 0 Å². The number of nitrogens with one attached hydrogen (secondary N) is 1. The Hall–Kier alpha value is -1.62. The van der Waals surface area contributed by atoms with Crippen LogP contribution in [0.1, 0.15) is 18.5 Å². The first-order valence-corrected chi connectivity index (χ1v) is 6.97. The van der Waals surface area contributed by atoms with E-state index in [1.807, 2.05) is 23.8 Å². The zero-order valence-electron chi connectivity index (χ0n) is 11.6. The van der Waals surface area contributed by atoms with Crippen LogP contribution in [0.25, 0.3) is 5.52 Å². The van der Waals surface area contributed by atoms with E-state index >= 15 is 0 Å². The largest absolute Gasteiger partial charge is 0.358 e. The lowest BCUT2D eigenvalue weighted by atomic mass is 9.98. The second kappa shape index (κ2) is 5.17. The van der Waals surface area contributed by atoms with Crippen molar-refractivity contribution in [1.29, 1.82) is 0 Å². The van der Waals surface area contributed by atoms with Crippen LogP contribution in [0.5, 0.6) is 0 Å². The summed E-state index contributed by atoms with van der Waals surface area (Å²) in [5.74, 6) is 1.79. The van der Waals surface area contributed by atoms with Crippen molar-refractivity contribution in [3.8, 4) is 0 Å². The van der Waals surface area contributed by atoms with E-state index in [9.17, 15) is 0 Å². The first kappa shape index (κ1) is 12.4. The molecule has 2 aromatic rings. The lowest BCUT2D eigenvalue weighted by Gasteiger charge is -2.28. The molecule has 0 aromatic carbocycles. The predicted octanol–water partition coefficient (Wildman–Crippen LogP) is 1.47. The summed E-state index contributed by atoms with van der Waals surface area (Å²) in [7, 11) is 2.13. The van der Waals surface area contributed by atoms with Crippen LogP contribution in [0.2, 0.25) is 0 Å². The fourth-order valence-electron chi connectivity index (χ4n) is 2.86. The van der Waals surface area contributed by atoms with Crippen molar-refractivity contribution >= 4 is 11.3 Å². The molecule has 0 saturated carbocycles. The van der Waals surface area contributed by atoms with Crippen molar-refractivity contribution in [3.63, 3.8) is 0 Å². The second-order valence-corrected chi connectivity index (χ2v) is 5.44. The molecule has 0 atom stereocenters. The molecule has 0 aliphatic carbocycles. The number of fused-ring (bicyclic) bond motifs is 1. The molecule has 2 aromatic heterocycles. The molecule has 1 aliphatic heterocycles. The molecule has 1 N–H and O–H groups in total. The molecule has 0 spiro atoms. The summed E-state index contributed by atoms with van der Waals surface area (Å²) in [4.78, 5) is 6.81. The molecular weight excluding hydrogens is 238 g/mol. The van der Waals surface area contributed by atoms with Crippen molar-refractivity contribution in [3.05, 3.63) is 24.2 Å². The highest BCUT2D eigenvalue weighted by Gasteiger charge is 2.17. The number of aromatic nitrogens is 3. The van der Waals surface area contributed by atoms with Crippen LogP contribution in [-0.4, -0.2) is 41.3 Å². The first-order chi connectivity index (χ1) is 9.24. The lowest BCUT2D eigenvalue weighted by molar-refractivity contribution is 0.377. The predicted molar refractivity (Wildman–Crippen MR) is 76.6 cm³/mol. The van der Waals surface area contributed by atoms with Gasteiger partial charge in [0.05, 0.1) is 5.69 Å². The monoisotopic (exact) mass is 259 g/mol. The average molecular weight is 259 g/mol. The van der Waals surface area contributed by atoms with Gasteiger partial charge in [-0.15, -0.1) is 0 Å². The highest BCUT2D eigenvalue weighted by Crippen LogP contribution is 2.21. The van der Waals surface area contributed by atoms with E-state index in [0.29, 0.717) is 0 Å². The van der Waals surface area contributed by atoms with Gasteiger partial charge in [-0.25, -0.2) is 9.50 Å². The Labute approximate surface area is 113 Å². The molecule has 1 saturated heterocycles. The molecular formula is C14H21N5. The standard InChI is InChI=1S/C14H21N5/c1-11-9-13-14(16-7-8-19(13)17-11)18(2)10-12-3-5-15-6-4-12/h7-9,12,15H,3-6,10H2,1-2H3. The van der Waals surface area contributed by atoms with E-state index in [1.54, 1.807) is 0 Å². The minimum atomic E-state index is 0.761. The van der Waals surface area contributed by atoms with Crippen molar-refractivity contribution in [2.45, 2.75) is 19.8 Å². The van der Waals surface area contributed by atoms with Gasteiger partial charge in [-0.05, 0) is 44.8 Å². The number of hydrogen-bond acceptors (Lipinski definition) is 4. The molecule has 3 rings (SSSR count). The van der Waals surface area contributed by atoms with Gasteiger partial charge >= 0.3 is 0 Å². The maximum Gasteiger partial charge on any atom is 0.154 e. The fraction of sp³-hybridized carbons (Fsp3) is 0.571. The summed E-state index contributed by atoms with van der Waals surface area (Å²) >= 11 is 0. The number of aryl methyl sites for hydroxylation is 1. The van der Waals surface area contributed by atoms with Gasteiger partial charge in [0.25, 0.3) is 0 Å². The van der Waals surface area contributed by atoms with Crippen LogP contribution in [0, 0.1) is 12.8 Å².